The summed E-state index contributed by atoms with van der Waals surface area (Å²) in [7, 11) is 0. The number of carbonyl (C=O) groups excluding carboxylic acids is 1. The second kappa shape index (κ2) is 35.4. The van der Waals surface area contributed by atoms with Crippen molar-refractivity contribution in [1.82, 2.24) is 5.32 Å². The first kappa shape index (κ1) is 46.0. The van der Waals surface area contributed by atoms with E-state index in [9.17, 15) is 4.79 Å². The Morgan fingerprint density at radius 3 is 1.00 bits per heavy atom. The Labute approximate surface area is 294 Å². The summed E-state index contributed by atoms with van der Waals surface area (Å²) in [4.78, 5) is 11.6. The van der Waals surface area contributed by atoms with Crippen LogP contribution in [-0.4, -0.2) is 183 Å². The minimum Gasteiger partial charge on any atom is -0.460 e. The van der Waals surface area contributed by atoms with Crippen LogP contribution in [0.3, 0.4) is 0 Å². The molecule has 0 unspecified atom stereocenters. The van der Waals surface area contributed by atoms with E-state index >= 15 is 0 Å². The molecule has 0 aromatic rings. The number of esters is 1. The molecule has 15 heteroatoms. The molecule has 0 bridgehead atoms. The molecule has 1 fully saturated rings. The Morgan fingerprint density at radius 1 is 0.449 bits per heavy atom. The fraction of sp³-hybridized carbons (Fsp3) is 0.971. The third-order valence-corrected chi connectivity index (χ3v) is 6.46. The zero-order valence-electron chi connectivity index (χ0n) is 30.6. The molecule has 0 radical (unpaired) electrons. The molecule has 292 valence electrons. The van der Waals surface area contributed by atoms with Gasteiger partial charge in [0.2, 0.25) is 0 Å². The van der Waals surface area contributed by atoms with E-state index in [-0.39, 0.29) is 12.4 Å². The predicted molar refractivity (Wildman–Crippen MR) is 181 cm³/mol. The first-order chi connectivity index (χ1) is 24.0. The molecule has 0 spiro atoms. The fourth-order valence-corrected chi connectivity index (χ4v) is 4.09. The Kier molecular flexibility index (Phi) is 33.2. The van der Waals surface area contributed by atoms with Crippen LogP contribution in [-0.2, 0) is 66.4 Å². The first-order valence-electron chi connectivity index (χ1n) is 17.9. The van der Waals surface area contributed by atoms with E-state index in [1.165, 1.54) is 0 Å². The van der Waals surface area contributed by atoms with E-state index in [4.69, 9.17) is 61.6 Å². The van der Waals surface area contributed by atoms with Crippen molar-refractivity contribution < 1.29 is 66.4 Å². The highest BCUT2D eigenvalue weighted by molar-refractivity contribution is 5.69. The van der Waals surface area contributed by atoms with E-state index < -0.39 is 5.60 Å². The van der Waals surface area contributed by atoms with Gasteiger partial charge in [-0.15, -0.1) is 0 Å². The van der Waals surface area contributed by atoms with Crippen molar-refractivity contribution in [1.29, 1.82) is 0 Å². The fourth-order valence-electron chi connectivity index (χ4n) is 4.09. The Balaban J connectivity index is 1.62. The Bertz CT molecular complexity index is 694. The first-order valence-corrected chi connectivity index (χ1v) is 17.9. The summed E-state index contributed by atoms with van der Waals surface area (Å²) in [5.41, 5.74) is -0.473. The van der Waals surface area contributed by atoms with Crippen molar-refractivity contribution >= 4 is 5.97 Å². The molecule has 0 aromatic carbocycles. The van der Waals surface area contributed by atoms with Crippen LogP contribution in [0, 0.1) is 0 Å². The molecule has 15 nitrogen and oxygen atoms in total. The van der Waals surface area contributed by atoms with Crippen molar-refractivity contribution in [2.75, 3.05) is 165 Å². The van der Waals surface area contributed by atoms with E-state index in [2.05, 4.69) is 5.32 Å². The van der Waals surface area contributed by atoms with E-state index in [0.717, 1.165) is 25.9 Å². The lowest BCUT2D eigenvalue weighted by Gasteiger charge is -2.22. The van der Waals surface area contributed by atoms with Crippen molar-refractivity contribution in [2.24, 2.45) is 0 Å². The lowest BCUT2D eigenvalue weighted by Crippen LogP contribution is -2.33. The molecule has 1 N–H and O–H groups in total. The van der Waals surface area contributed by atoms with E-state index in [1.54, 1.807) is 0 Å². The highest BCUT2D eigenvalue weighted by atomic mass is 16.6. The van der Waals surface area contributed by atoms with Crippen molar-refractivity contribution in [3.05, 3.63) is 0 Å². The summed E-state index contributed by atoms with van der Waals surface area (Å²) in [5.74, 6) is -0.264. The van der Waals surface area contributed by atoms with Crippen LogP contribution in [0.4, 0.5) is 0 Å². The van der Waals surface area contributed by atoms with Crippen molar-refractivity contribution in [3.8, 4) is 0 Å². The largest absolute Gasteiger partial charge is 0.460 e. The van der Waals surface area contributed by atoms with Crippen LogP contribution in [0.15, 0.2) is 0 Å². The van der Waals surface area contributed by atoms with Gasteiger partial charge in [0.15, 0.2) is 0 Å². The van der Waals surface area contributed by atoms with Crippen LogP contribution in [0.2, 0.25) is 0 Å². The van der Waals surface area contributed by atoms with Crippen molar-refractivity contribution in [2.45, 2.75) is 51.7 Å². The SMILES string of the molecule is CC(C)(C)OC(=O)CCOCCOCCOCCOCCOCCOCCOCCOCCOCCOCCOCCOC1CCNCC1. The zero-order chi connectivity index (χ0) is 35.4. The standard InChI is InChI=1S/C34H67NO14/c1-34(2,3)49-33(36)6-9-37-10-11-38-12-13-39-14-15-40-16-17-41-18-19-42-20-21-43-22-23-44-24-25-45-26-27-46-28-29-47-30-31-48-32-4-7-35-8-5-32/h32,35H,4-31H2,1-3H3. The zero-order valence-corrected chi connectivity index (χ0v) is 30.6. The van der Waals surface area contributed by atoms with E-state index in [1.807, 2.05) is 20.8 Å². The second-order valence-electron chi connectivity index (χ2n) is 11.9. The van der Waals surface area contributed by atoms with Gasteiger partial charge in [0, 0.05) is 0 Å². The molecule has 1 saturated heterocycles. The number of carbonyl (C=O) groups is 1. The summed E-state index contributed by atoms with van der Waals surface area (Å²) >= 11 is 0. The summed E-state index contributed by atoms with van der Waals surface area (Å²) in [6.07, 6.45) is 2.75. The summed E-state index contributed by atoms with van der Waals surface area (Å²) < 4.78 is 71.2. The lowest BCUT2D eigenvalue weighted by atomic mass is 10.1. The summed E-state index contributed by atoms with van der Waals surface area (Å²) in [5, 5.41) is 3.33. The topological polar surface area (TPSA) is 149 Å². The van der Waals surface area contributed by atoms with Crippen LogP contribution < -0.4 is 5.32 Å². The monoisotopic (exact) mass is 713 g/mol. The highest BCUT2D eigenvalue weighted by Crippen LogP contribution is 2.08. The third-order valence-electron chi connectivity index (χ3n) is 6.46. The maximum absolute atomic E-state index is 11.6. The molecular weight excluding hydrogens is 646 g/mol. The maximum atomic E-state index is 11.6. The number of nitrogens with one attached hydrogen (secondary N) is 1. The minimum atomic E-state index is -0.473. The Hall–Kier alpha value is -1.05. The van der Waals surface area contributed by atoms with Gasteiger partial charge >= 0.3 is 5.97 Å². The number of rotatable bonds is 37. The normalized spacial score (nSPS) is 14.1. The van der Waals surface area contributed by atoms with E-state index in [0.29, 0.717) is 158 Å². The minimum absolute atomic E-state index is 0.232. The van der Waals surface area contributed by atoms with Gasteiger partial charge in [0.05, 0.1) is 164 Å². The molecule has 0 atom stereocenters. The molecule has 0 aromatic heterocycles. The van der Waals surface area contributed by atoms with Gasteiger partial charge < -0.3 is 66.9 Å². The van der Waals surface area contributed by atoms with Gasteiger partial charge in [0.25, 0.3) is 0 Å². The number of piperidine rings is 1. The van der Waals surface area contributed by atoms with Crippen LogP contribution in [0.25, 0.3) is 0 Å². The van der Waals surface area contributed by atoms with Gasteiger partial charge in [-0.2, -0.15) is 0 Å². The van der Waals surface area contributed by atoms with Gasteiger partial charge in [-0.3, -0.25) is 4.79 Å². The van der Waals surface area contributed by atoms with Gasteiger partial charge in [-0.05, 0) is 46.7 Å². The smallest absolute Gasteiger partial charge is 0.308 e. The number of ether oxygens (including phenoxy) is 13. The molecule has 1 aliphatic heterocycles. The second-order valence-corrected chi connectivity index (χ2v) is 11.9. The van der Waals surface area contributed by atoms with Gasteiger partial charge in [0.1, 0.15) is 5.60 Å². The maximum Gasteiger partial charge on any atom is 0.308 e. The quantitative estimate of drug-likeness (QED) is 0.0735. The molecule has 1 aliphatic rings. The predicted octanol–water partition coefficient (Wildman–Crippen LogP) is 1.67. The molecule has 1 rings (SSSR count). The number of hydrogen-bond acceptors (Lipinski definition) is 15. The van der Waals surface area contributed by atoms with Crippen LogP contribution in [0.5, 0.6) is 0 Å². The third kappa shape index (κ3) is 36.5. The average molecular weight is 714 g/mol. The molecule has 0 amide bonds. The average Bonchev–Trinajstić information content (AvgIpc) is 3.07. The van der Waals surface area contributed by atoms with Crippen LogP contribution in [0.1, 0.15) is 40.0 Å². The molecular formula is C34H67NO14. The molecule has 49 heavy (non-hydrogen) atoms. The summed E-state index contributed by atoms with van der Waals surface area (Å²) in [6.45, 7) is 19.1. The molecule has 0 aliphatic carbocycles. The Morgan fingerprint density at radius 2 is 0.714 bits per heavy atom. The number of hydrogen-bond donors (Lipinski definition) is 1. The van der Waals surface area contributed by atoms with Crippen LogP contribution >= 0.6 is 0 Å². The lowest BCUT2D eigenvalue weighted by molar-refractivity contribution is -0.156. The van der Waals surface area contributed by atoms with Gasteiger partial charge in [-0.25, -0.2) is 0 Å². The van der Waals surface area contributed by atoms with Crippen molar-refractivity contribution in [3.63, 3.8) is 0 Å². The molecule has 0 saturated carbocycles. The van der Waals surface area contributed by atoms with Gasteiger partial charge in [-0.1, -0.05) is 0 Å². The highest BCUT2D eigenvalue weighted by Gasteiger charge is 2.15. The molecule has 1 heterocycles. The summed E-state index contributed by atoms with van der Waals surface area (Å²) in [6, 6.07) is 0.